The van der Waals surface area contributed by atoms with Crippen molar-refractivity contribution in [2.24, 2.45) is 4.99 Å². The maximum Gasteiger partial charge on any atom is 0.338 e. The number of nitrogens with zero attached hydrogens (tertiary/aromatic N) is 3. The molecule has 0 aliphatic carbocycles. The van der Waals surface area contributed by atoms with Gasteiger partial charge in [0.15, 0.2) is 16.7 Å². The van der Waals surface area contributed by atoms with Crippen molar-refractivity contribution >= 4 is 34.5 Å². The number of benzene rings is 2. The Kier molecular flexibility index (Phi) is 9.83. The fourth-order valence-corrected chi connectivity index (χ4v) is 6.23. The van der Waals surface area contributed by atoms with Gasteiger partial charge in [0.2, 0.25) is 5.91 Å². The molecule has 1 unspecified atom stereocenters. The van der Waals surface area contributed by atoms with Crippen LogP contribution in [0.1, 0.15) is 30.5 Å². The summed E-state index contributed by atoms with van der Waals surface area (Å²) in [5, 5.41) is 5.64. The monoisotopic (exact) mass is 592 g/mol. The summed E-state index contributed by atoms with van der Waals surface area (Å²) in [5.74, 6) is 0.428. The first-order valence-electron chi connectivity index (χ1n) is 14.0. The third kappa shape index (κ3) is 6.33. The summed E-state index contributed by atoms with van der Waals surface area (Å²) in [6.45, 7) is 6.43. The predicted octanol–water partition coefficient (Wildman–Crippen LogP) is 3.82. The molecule has 42 heavy (non-hydrogen) atoms. The Morgan fingerprint density at radius 3 is 2.57 bits per heavy atom. The third-order valence-corrected chi connectivity index (χ3v) is 8.16. The van der Waals surface area contributed by atoms with E-state index in [2.05, 4.69) is 10.2 Å². The van der Waals surface area contributed by atoms with E-state index in [9.17, 15) is 9.59 Å². The first-order chi connectivity index (χ1) is 20.5. The van der Waals surface area contributed by atoms with Gasteiger partial charge in [0.05, 0.1) is 57.8 Å². The average molecular weight is 593 g/mol. The van der Waals surface area contributed by atoms with E-state index in [4.69, 9.17) is 23.9 Å². The van der Waals surface area contributed by atoms with Gasteiger partial charge in [-0.05, 0) is 18.4 Å². The molecule has 222 valence electrons. The molecule has 1 atom stereocenters. The van der Waals surface area contributed by atoms with E-state index >= 15 is 0 Å². The highest BCUT2D eigenvalue weighted by atomic mass is 32.2. The predicted molar refractivity (Wildman–Crippen MR) is 162 cm³/mol. The Bertz CT molecular complexity index is 1390. The number of hydrogen-bond acceptors (Lipinski definition) is 10. The lowest BCUT2D eigenvalue weighted by Crippen LogP contribution is -2.42. The summed E-state index contributed by atoms with van der Waals surface area (Å²) >= 11 is 1.42. The van der Waals surface area contributed by atoms with Gasteiger partial charge in [-0.3, -0.25) is 9.69 Å². The third-order valence-electron chi connectivity index (χ3n) is 7.28. The quantitative estimate of drug-likeness (QED) is 0.390. The molecule has 1 saturated heterocycles. The first-order valence-corrected chi connectivity index (χ1v) is 14.9. The number of carbonyl (C=O) groups excluding carboxylic acids is 2. The largest absolute Gasteiger partial charge is 0.493 e. The van der Waals surface area contributed by atoms with E-state index < -0.39 is 12.0 Å². The van der Waals surface area contributed by atoms with Crippen LogP contribution in [0, 0.1) is 0 Å². The molecule has 1 amide bonds. The molecule has 1 N–H and O–H groups in total. The van der Waals surface area contributed by atoms with Gasteiger partial charge in [-0.25, -0.2) is 9.79 Å². The summed E-state index contributed by atoms with van der Waals surface area (Å²) in [7, 11) is 3.15. The number of amides is 1. The fraction of sp³-hybridized carbons (Fsp3) is 0.387. The number of nitrogens with one attached hydrogen (secondary N) is 1. The average Bonchev–Trinajstić information content (AvgIpc) is 3.42. The smallest absolute Gasteiger partial charge is 0.338 e. The van der Waals surface area contributed by atoms with Gasteiger partial charge in [0, 0.05) is 43.0 Å². The highest BCUT2D eigenvalue weighted by molar-refractivity contribution is 8.16. The van der Waals surface area contributed by atoms with Crippen LogP contribution in [0.25, 0.3) is 5.70 Å². The van der Waals surface area contributed by atoms with E-state index in [1.807, 2.05) is 58.8 Å². The zero-order valence-corrected chi connectivity index (χ0v) is 24.9. The van der Waals surface area contributed by atoms with Crippen LogP contribution in [0.2, 0.25) is 0 Å². The Balaban J connectivity index is 1.52. The van der Waals surface area contributed by atoms with Crippen molar-refractivity contribution in [2.45, 2.75) is 19.4 Å². The molecule has 2 aromatic carbocycles. The van der Waals surface area contributed by atoms with Gasteiger partial charge in [-0.1, -0.05) is 54.2 Å². The van der Waals surface area contributed by atoms with Crippen molar-refractivity contribution in [3.05, 3.63) is 76.3 Å². The molecule has 3 aliphatic heterocycles. The van der Waals surface area contributed by atoms with Crippen LogP contribution in [0.3, 0.4) is 0 Å². The number of methoxy groups -OCH3 is 2. The Hall–Kier alpha value is -3.80. The zero-order valence-electron chi connectivity index (χ0n) is 24.1. The number of thioether (sulfide) groups is 1. The van der Waals surface area contributed by atoms with E-state index in [1.54, 1.807) is 21.1 Å². The molecule has 0 saturated carbocycles. The molecule has 11 heteroatoms. The van der Waals surface area contributed by atoms with E-state index in [-0.39, 0.29) is 18.9 Å². The minimum absolute atomic E-state index is 0.108. The summed E-state index contributed by atoms with van der Waals surface area (Å²) in [5.41, 5.74) is 3.09. The number of para-hydroxylation sites is 1. The standard InChI is InChI=1S/C31H36N4O6S/c1-4-41-30(37)26-27(21-9-6-5-7-10-21)33-31-35(28(26)23-11-8-12-24(38-2)29(23)39-3)22(20-42-31)19-25(36)32-13-14-34-15-17-40-18-16-34/h5-12,20,28H,4,13-19H2,1-3H3,(H,32,36). The second kappa shape index (κ2) is 13.9. The lowest BCUT2D eigenvalue weighted by molar-refractivity contribution is -0.139. The molecule has 3 heterocycles. The second-order valence-corrected chi connectivity index (χ2v) is 10.6. The van der Waals surface area contributed by atoms with E-state index in [1.165, 1.54) is 11.8 Å². The van der Waals surface area contributed by atoms with Crippen LogP contribution in [0.15, 0.2) is 70.2 Å². The van der Waals surface area contributed by atoms with E-state index in [0.717, 1.165) is 30.9 Å². The number of amidine groups is 1. The molecule has 5 rings (SSSR count). The molecule has 10 nitrogen and oxygen atoms in total. The summed E-state index contributed by atoms with van der Waals surface area (Å²) in [6.07, 6.45) is 0.120. The summed E-state index contributed by atoms with van der Waals surface area (Å²) in [6, 6.07) is 14.5. The number of fused-ring (bicyclic) bond motifs is 1. The molecule has 0 radical (unpaired) electrons. The lowest BCUT2D eigenvalue weighted by atomic mass is 9.90. The van der Waals surface area contributed by atoms with Gasteiger partial charge in [-0.15, -0.1) is 0 Å². The zero-order chi connectivity index (χ0) is 29.5. The molecule has 0 spiro atoms. The Morgan fingerprint density at radius 2 is 1.86 bits per heavy atom. The lowest BCUT2D eigenvalue weighted by Gasteiger charge is -2.37. The van der Waals surface area contributed by atoms with Crippen molar-refractivity contribution in [2.75, 3.05) is 60.2 Å². The number of aliphatic imine (C=N–C) groups is 1. The maximum absolute atomic E-state index is 13.8. The highest BCUT2D eigenvalue weighted by Crippen LogP contribution is 2.50. The van der Waals surface area contributed by atoms with Gasteiger partial charge in [-0.2, -0.15) is 0 Å². The van der Waals surface area contributed by atoms with Crippen molar-refractivity contribution in [1.29, 1.82) is 0 Å². The maximum atomic E-state index is 13.8. The molecule has 2 aromatic rings. The minimum atomic E-state index is -0.681. The molecule has 0 bridgehead atoms. The van der Waals surface area contributed by atoms with Crippen LogP contribution in [-0.2, 0) is 19.1 Å². The Labute approximate surface area is 250 Å². The van der Waals surface area contributed by atoms with Crippen LogP contribution >= 0.6 is 11.8 Å². The van der Waals surface area contributed by atoms with Crippen LogP contribution in [0.4, 0.5) is 0 Å². The second-order valence-electron chi connectivity index (χ2n) is 9.81. The topological polar surface area (TPSA) is 102 Å². The number of ether oxygens (including phenoxy) is 4. The molecular formula is C31H36N4O6S. The van der Waals surface area contributed by atoms with Gasteiger partial charge in [0.1, 0.15) is 0 Å². The van der Waals surface area contributed by atoms with Crippen LogP contribution in [0.5, 0.6) is 11.5 Å². The number of carbonyl (C=O) groups is 2. The first kappa shape index (κ1) is 29.7. The molecule has 0 aromatic heterocycles. The highest BCUT2D eigenvalue weighted by Gasteiger charge is 2.43. The van der Waals surface area contributed by atoms with Crippen LogP contribution in [-0.4, -0.2) is 87.1 Å². The fourth-order valence-electron chi connectivity index (χ4n) is 5.32. The molecule has 3 aliphatic rings. The molecule has 1 fully saturated rings. The minimum Gasteiger partial charge on any atom is -0.493 e. The number of hydrogen-bond donors (Lipinski definition) is 1. The Morgan fingerprint density at radius 1 is 1.07 bits per heavy atom. The van der Waals surface area contributed by atoms with E-state index in [0.29, 0.717) is 53.3 Å². The normalized spacial score (nSPS) is 18.6. The summed E-state index contributed by atoms with van der Waals surface area (Å²) < 4.78 is 22.5. The number of morpholine rings is 1. The van der Waals surface area contributed by atoms with Crippen molar-refractivity contribution in [3.8, 4) is 11.5 Å². The SMILES string of the molecule is CCOC(=O)C1=C(c2ccccc2)N=C2SC=C(CC(=O)NCCN3CCOCC3)N2C1c1cccc(OC)c1OC. The molecular weight excluding hydrogens is 556 g/mol. The summed E-state index contributed by atoms with van der Waals surface area (Å²) in [4.78, 5) is 36.1. The van der Waals surface area contributed by atoms with Crippen LogP contribution < -0.4 is 14.8 Å². The number of esters is 1. The van der Waals surface area contributed by atoms with Gasteiger partial charge < -0.3 is 29.2 Å². The van der Waals surface area contributed by atoms with Crippen molar-refractivity contribution in [1.82, 2.24) is 15.1 Å². The van der Waals surface area contributed by atoms with Gasteiger partial charge in [0.25, 0.3) is 0 Å². The van der Waals surface area contributed by atoms with Gasteiger partial charge >= 0.3 is 5.97 Å². The number of rotatable bonds is 11. The van der Waals surface area contributed by atoms with Crippen molar-refractivity contribution in [3.63, 3.8) is 0 Å². The van der Waals surface area contributed by atoms with Crippen molar-refractivity contribution < 1.29 is 28.5 Å².